The predicted molar refractivity (Wildman–Crippen MR) is 63.4 cm³/mol. The van der Waals surface area contributed by atoms with Crippen molar-refractivity contribution in [3.05, 3.63) is 34.9 Å². The minimum atomic E-state index is -1.00. The first-order valence-electron chi connectivity index (χ1n) is 5.72. The average molecular weight is 243 g/mol. The van der Waals surface area contributed by atoms with E-state index in [1.165, 1.54) is 13.0 Å². The van der Waals surface area contributed by atoms with Gasteiger partial charge in [-0.15, -0.1) is 0 Å². The number of aryl methyl sites for hydroxylation is 1. The van der Waals surface area contributed by atoms with Crippen molar-refractivity contribution >= 4 is 0 Å². The number of hydrogen-bond acceptors (Lipinski definition) is 2. The summed E-state index contributed by atoms with van der Waals surface area (Å²) in [5.74, 6) is -1.44. The first-order valence-corrected chi connectivity index (χ1v) is 5.72. The van der Waals surface area contributed by atoms with Crippen LogP contribution in [0.4, 0.5) is 8.78 Å². The highest BCUT2D eigenvalue weighted by molar-refractivity contribution is 5.27. The fourth-order valence-electron chi connectivity index (χ4n) is 1.90. The molecule has 0 saturated heterocycles. The molecule has 0 aliphatic rings. The lowest BCUT2D eigenvalue weighted by atomic mass is 9.86. The van der Waals surface area contributed by atoms with E-state index in [9.17, 15) is 13.9 Å². The third-order valence-corrected chi connectivity index (χ3v) is 3.13. The fourth-order valence-corrected chi connectivity index (χ4v) is 1.90. The van der Waals surface area contributed by atoms with Gasteiger partial charge in [0.15, 0.2) is 0 Å². The Bertz CT molecular complexity index is 393. The molecule has 0 fully saturated rings. The zero-order valence-corrected chi connectivity index (χ0v) is 10.4. The van der Waals surface area contributed by atoms with Crippen molar-refractivity contribution in [1.82, 2.24) is 0 Å². The van der Waals surface area contributed by atoms with Crippen LogP contribution >= 0.6 is 0 Å². The Morgan fingerprint density at radius 2 is 1.82 bits per heavy atom. The minimum Gasteiger partial charge on any atom is -0.388 e. The van der Waals surface area contributed by atoms with Crippen LogP contribution in [0.3, 0.4) is 0 Å². The molecule has 2 nitrogen and oxygen atoms in total. The number of aliphatic hydroxyl groups excluding tert-OH is 1. The van der Waals surface area contributed by atoms with Gasteiger partial charge in [0, 0.05) is 17.5 Å². The summed E-state index contributed by atoms with van der Waals surface area (Å²) in [5, 5.41) is 10.1. The molecule has 0 aromatic heterocycles. The van der Waals surface area contributed by atoms with Gasteiger partial charge in [-0.05, 0) is 31.0 Å². The quantitative estimate of drug-likeness (QED) is 0.853. The van der Waals surface area contributed by atoms with Gasteiger partial charge in [-0.1, -0.05) is 13.8 Å². The van der Waals surface area contributed by atoms with Gasteiger partial charge in [0.2, 0.25) is 0 Å². The SMILES string of the molecule is Cc1cc(C(O)C(CN)C(C)C)c(F)cc1F. The molecular weight excluding hydrogens is 224 g/mol. The van der Waals surface area contributed by atoms with E-state index in [0.29, 0.717) is 5.56 Å². The first kappa shape index (κ1) is 14.1. The van der Waals surface area contributed by atoms with E-state index in [2.05, 4.69) is 0 Å². The van der Waals surface area contributed by atoms with Gasteiger partial charge in [-0.25, -0.2) is 8.78 Å². The second-order valence-corrected chi connectivity index (χ2v) is 4.71. The molecule has 2 unspecified atom stereocenters. The highest BCUT2D eigenvalue weighted by Crippen LogP contribution is 2.30. The zero-order chi connectivity index (χ0) is 13.2. The lowest BCUT2D eigenvalue weighted by Gasteiger charge is -2.25. The van der Waals surface area contributed by atoms with Gasteiger partial charge >= 0.3 is 0 Å². The van der Waals surface area contributed by atoms with Crippen LogP contribution in [0.15, 0.2) is 12.1 Å². The second kappa shape index (κ2) is 5.56. The summed E-state index contributed by atoms with van der Waals surface area (Å²) in [6.45, 7) is 5.62. The topological polar surface area (TPSA) is 46.2 Å². The van der Waals surface area contributed by atoms with Crippen molar-refractivity contribution in [2.75, 3.05) is 6.54 Å². The molecule has 4 heteroatoms. The van der Waals surface area contributed by atoms with Crippen LogP contribution in [0.1, 0.15) is 31.1 Å². The van der Waals surface area contributed by atoms with E-state index in [1.54, 1.807) is 0 Å². The molecule has 1 aromatic rings. The van der Waals surface area contributed by atoms with Crippen LogP contribution < -0.4 is 5.73 Å². The van der Waals surface area contributed by atoms with Gasteiger partial charge in [-0.2, -0.15) is 0 Å². The summed E-state index contributed by atoms with van der Waals surface area (Å²) in [5.41, 5.74) is 6.01. The largest absolute Gasteiger partial charge is 0.388 e. The smallest absolute Gasteiger partial charge is 0.131 e. The lowest BCUT2D eigenvalue weighted by Crippen LogP contribution is -2.27. The fraction of sp³-hybridized carbons (Fsp3) is 0.538. The van der Waals surface area contributed by atoms with Crippen molar-refractivity contribution in [2.24, 2.45) is 17.6 Å². The van der Waals surface area contributed by atoms with Crippen molar-refractivity contribution in [1.29, 1.82) is 0 Å². The maximum Gasteiger partial charge on any atom is 0.131 e. The monoisotopic (exact) mass is 243 g/mol. The number of aliphatic hydroxyl groups is 1. The molecule has 0 aliphatic heterocycles. The van der Waals surface area contributed by atoms with Crippen LogP contribution in [0.25, 0.3) is 0 Å². The van der Waals surface area contributed by atoms with E-state index < -0.39 is 17.7 Å². The van der Waals surface area contributed by atoms with Crippen LogP contribution in [0.2, 0.25) is 0 Å². The van der Waals surface area contributed by atoms with E-state index >= 15 is 0 Å². The number of benzene rings is 1. The summed E-state index contributed by atoms with van der Waals surface area (Å²) in [6, 6.07) is 2.15. The van der Waals surface area contributed by atoms with E-state index in [4.69, 9.17) is 5.73 Å². The average Bonchev–Trinajstić information content (AvgIpc) is 2.23. The molecule has 0 radical (unpaired) electrons. The van der Waals surface area contributed by atoms with Gasteiger partial charge in [-0.3, -0.25) is 0 Å². The Balaban J connectivity index is 3.11. The molecule has 2 atom stereocenters. The summed E-state index contributed by atoms with van der Waals surface area (Å²) in [6.07, 6.45) is -1.00. The number of rotatable bonds is 4. The zero-order valence-electron chi connectivity index (χ0n) is 10.4. The van der Waals surface area contributed by atoms with Crippen LogP contribution in [-0.4, -0.2) is 11.7 Å². The molecule has 96 valence electrons. The highest BCUT2D eigenvalue weighted by atomic mass is 19.1. The Hall–Kier alpha value is -1.00. The molecular formula is C13H19F2NO. The highest BCUT2D eigenvalue weighted by Gasteiger charge is 2.25. The standard InChI is InChI=1S/C13H19F2NO/c1-7(2)10(6-16)13(17)9-4-8(3)11(14)5-12(9)15/h4-5,7,10,13,17H,6,16H2,1-3H3. The van der Waals surface area contributed by atoms with E-state index in [0.717, 1.165) is 6.07 Å². The summed E-state index contributed by atoms with van der Waals surface area (Å²) < 4.78 is 26.7. The molecule has 0 bridgehead atoms. The Morgan fingerprint density at radius 1 is 1.24 bits per heavy atom. The maximum atomic E-state index is 13.6. The maximum absolute atomic E-state index is 13.6. The van der Waals surface area contributed by atoms with Crippen molar-refractivity contribution in [2.45, 2.75) is 26.9 Å². The van der Waals surface area contributed by atoms with Crippen LogP contribution in [0.5, 0.6) is 0 Å². The molecule has 0 spiro atoms. The second-order valence-electron chi connectivity index (χ2n) is 4.71. The third kappa shape index (κ3) is 3.01. The lowest BCUT2D eigenvalue weighted by molar-refractivity contribution is 0.0826. The van der Waals surface area contributed by atoms with E-state index in [-0.39, 0.29) is 23.9 Å². The first-order chi connectivity index (χ1) is 7.88. The molecule has 0 saturated carbocycles. The summed E-state index contributed by atoms with van der Waals surface area (Å²) in [4.78, 5) is 0. The Labute approximate surface area is 100 Å². The van der Waals surface area contributed by atoms with Crippen molar-refractivity contribution in [3.8, 4) is 0 Å². The molecule has 17 heavy (non-hydrogen) atoms. The number of nitrogens with two attached hydrogens (primary N) is 1. The predicted octanol–water partition coefficient (Wildman–Crippen LogP) is 2.54. The molecule has 0 amide bonds. The molecule has 1 rings (SSSR count). The molecule has 1 aromatic carbocycles. The van der Waals surface area contributed by atoms with Crippen LogP contribution in [0, 0.1) is 30.4 Å². The summed E-state index contributed by atoms with van der Waals surface area (Å²) in [7, 11) is 0. The van der Waals surface area contributed by atoms with Crippen molar-refractivity contribution < 1.29 is 13.9 Å². The normalized spacial score (nSPS) is 15.1. The van der Waals surface area contributed by atoms with Gasteiger partial charge < -0.3 is 10.8 Å². The number of hydrogen-bond donors (Lipinski definition) is 2. The minimum absolute atomic E-state index is 0.119. The number of halogens is 2. The van der Waals surface area contributed by atoms with Gasteiger partial charge in [0.05, 0.1) is 6.10 Å². The summed E-state index contributed by atoms with van der Waals surface area (Å²) >= 11 is 0. The Morgan fingerprint density at radius 3 is 2.29 bits per heavy atom. The molecule has 0 heterocycles. The molecule has 3 N–H and O–H groups in total. The van der Waals surface area contributed by atoms with Crippen molar-refractivity contribution in [3.63, 3.8) is 0 Å². The van der Waals surface area contributed by atoms with E-state index in [1.807, 2.05) is 13.8 Å². The Kier molecular flexibility index (Phi) is 4.60. The molecule has 0 aliphatic carbocycles. The third-order valence-electron chi connectivity index (χ3n) is 3.13. The van der Waals surface area contributed by atoms with Gasteiger partial charge in [0.1, 0.15) is 11.6 Å². The van der Waals surface area contributed by atoms with Crippen LogP contribution in [-0.2, 0) is 0 Å². The van der Waals surface area contributed by atoms with Gasteiger partial charge in [0.25, 0.3) is 0 Å².